The van der Waals surface area contributed by atoms with Crippen LogP contribution in [0.1, 0.15) is 0 Å². The Morgan fingerprint density at radius 2 is 2.38 bits per heavy atom. The lowest BCUT2D eigenvalue weighted by Crippen LogP contribution is -2.16. The van der Waals surface area contributed by atoms with Crippen molar-refractivity contribution in [2.75, 3.05) is 7.05 Å². The van der Waals surface area contributed by atoms with Gasteiger partial charge in [-0.1, -0.05) is 0 Å². The van der Waals surface area contributed by atoms with E-state index < -0.39 is 0 Å². The van der Waals surface area contributed by atoms with Crippen LogP contribution in [0.3, 0.4) is 0 Å². The lowest BCUT2D eigenvalue weighted by molar-refractivity contribution is -0.117. The Morgan fingerprint density at radius 1 is 1.88 bits per heavy atom. The van der Waals surface area contributed by atoms with Gasteiger partial charge in [0.1, 0.15) is 0 Å². The maximum Gasteiger partial charge on any atom is 0.269 e. The summed E-state index contributed by atoms with van der Waals surface area (Å²) in [5.41, 5.74) is 0. The minimum absolute atomic E-state index is 0.142. The van der Waals surface area contributed by atoms with E-state index in [0.717, 1.165) is 9.29 Å². The van der Waals surface area contributed by atoms with E-state index in [9.17, 15) is 9.00 Å². The van der Waals surface area contributed by atoms with Gasteiger partial charge in [-0.3, -0.25) is 8.72 Å². The highest BCUT2D eigenvalue weighted by Crippen LogP contribution is 1.87. The molecule has 0 heterocycles. The van der Waals surface area contributed by atoms with Gasteiger partial charge in [0.15, 0.2) is 0 Å². The van der Waals surface area contributed by atoms with Gasteiger partial charge in [0.05, 0.1) is 32.8 Å². The smallest absolute Gasteiger partial charge is 0.269 e. The third kappa shape index (κ3) is 2.92. The van der Waals surface area contributed by atoms with Crippen LogP contribution >= 0.6 is 16.1 Å². The minimum Gasteiger partial charge on any atom is -0.278 e. The zero-order chi connectivity index (χ0) is 6.57. The van der Waals surface area contributed by atoms with E-state index in [1.807, 2.05) is 0 Å². The SMILES string of the molecule is CN(Br)C(=O)C=S=O. The Kier molecular flexibility index (Phi) is 3.72. The molecule has 0 spiro atoms. The van der Waals surface area contributed by atoms with E-state index in [4.69, 9.17) is 0 Å². The van der Waals surface area contributed by atoms with E-state index in [-0.39, 0.29) is 17.2 Å². The Morgan fingerprint density at radius 3 is 2.50 bits per heavy atom. The van der Waals surface area contributed by atoms with E-state index in [0.29, 0.717) is 0 Å². The van der Waals surface area contributed by atoms with Crippen LogP contribution in [0.2, 0.25) is 0 Å². The first kappa shape index (κ1) is 7.84. The van der Waals surface area contributed by atoms with Crippen molar-refractivity contribution in [3.8, 4) is 0 Å². The van der Waals surface area contributed by atoms with Gasteiger partial charge in [-0.05, 0) is 0 Å². The Hall–Kier alpha value is -0.160. The van der Waals surface area contributed by atoms with Crippen LogP contribution in [0.25, 0.3) is 0 Å². The van der Waals surface area contributed by atoms with Crippen LogP contribution < -0.4 is 0 Å². The molecule has 0 bridgehead atoms. The summed E-state index contributed by atoms with van der Waals surface area (Å²) in [4.78, 5) is 10.3. The number of hydrogen-bond donors (Lipinski definition) is 0. The molecule has 3 nitrogen and oxygen atoms in total. The largest absolute Gasteiger partial charge is 0.278 e. The van der Waals surface area contributed by atoms with Crippen LogP contribution in [0, 0.1) is 0 Å². The molecule has 0 N–H and O–H groups in total. The summed E-state index contributed by atoms with van der Waals surface area (Å²) in [5.74, 6) is -0.343. The molecule has 46 valence electrons. The van der Waals surface area contributed by atoms with Gasteiger partial charge in [0, 0.05) is 7.05 Å². The molecular formula is C3H4BrNO2S. The molecule has 0 aliphatic heterocycles. The van der Waals surface area contributed by atoms with Crippen molar-refractivity contribution in [2.45, 2.75) is 0 Å². The van der Waals surface area contributed by atoms with Crippen molar-refractivity contribution in [3.05, 3.63) is 0 Å². The molecule has 0 fully saturated rings. The fraction of sp³-hybridized carbons (Fsp3) is 0.333. The van der Waals surface area contributed by atoms with Gasteiger partial charge in [-0.15, -0.1) is 0 Å². The first-order chi connectivity index (χ1) is 3.68. The van der Waals surface area contributed by atoms with Crippen LogP contribution in [0.4, 0.5) is 0 Å². The van der Waals surface area contributed by atoms with Crippen molar-refractivity contribution in [1.82, 2.24) is 3.93 Å². The topological polar surface area (TPSA) is 37.4 Å². The van der Waals surface area contributed by atoms with Gasteiger partial charge < -0.3 is 0 Å². The average Bonchev–Trinajstić information content (AvgIpc) is 1.67. The van der Waals surface area contributed by atoms with Crippen LogP contribution in [-0.2, 0) is 16.1 Å². The second-order valence-electron chi connectivity index (χ2n) is 1.03. The van der Waals surface area contributed by atoms with Crippen molar-refractivity contribution < 1.29 is 9.00 Å². The summed E-state index contributed by atoms with van der Waals surface area (Å²) in [6.07, 6.45) is 0. The predicted molar refractivity (Wildman–Crippen MR) is 35.9 cm³/mol. The second-order valence-corrected chi connectivity index (χ2v) is 2.52. The van der Waals surface area contributed by atoms with Crippen molar-refractivity contribution in [1.29, 1.82) is 0 Å². The number of halogens is 1. The molecule has 0 atom stereocenters. The third-order valence-corrected chi connectivity index (χ3v) is 1.10. The second kappa shape index (κ2) is 3.80. The normalized spacial score (nSPS) is 7.75. The number of amides is 1. The average molecular weight is 198 g/mol. The maximum absolute atomic E-state index is 10.3. The highest BCUT2D eigenvalue weighted by atomic mass is 79.9. The standard InChI is InChI=1S/C3H4BrNO2S/c1-5(4)3(6)2-8-7/h2H,1H3. The molecule has 1 amide bonds. The first-order valence-corrected chi connectivity index (χ1v) is 3.25. The van der Waals surface area contributed by atoms with Gasteiger partial charge >= 0.3 is 0 Å². The summed E-state index contributed by atoms with van der Waals surface area (Å²) in [6.45, 7) is 0. The van der Waals surface area contributed by atoms with Gasteiger partial charge in [-0.2, -0.15) is 0 Å². The molecule has 0 unspecified atom stereocenters. The zero-order valence-electron chi connectivity index (χ0n) is 4.13. The monoisotopic (exact) mass is 197 g/mol. The quantitative estimate of drug-likeness (QED) is 0.431. The number of rotatable bonds is 1. The summed E-state index contributed by atoms with van der Waals surface area (Å²) in [7, 11) is 1.51. The van der Waals surface area contributed by atoms with Crippen molar-refractivity contribution in [2.24, 2.45) is 0 Å². The molecule has 8 heavy (non-hydrogen) atoms. The highest BCUT2D eigenvalue weighted by Gasteiger charge is 1.97. The fourth-order valence-corrected chi connectivity index (χ4v) is 0.592. The molecule has 0 aromatic rings. The number of carbonyl (C=O) groups is 1. The molecule has 0 aromatic heterocycles. The van der Waals surface area contributed by atoms with Crippen LogP contribution in [0.5, 0.6) is 0 Å². The lowest BCUT2D eigenvalue weighted by Gasteiger charge is -1.98. The molecule has 0 aromatic carbocycles. The lowest BCUT2D eigenvalue weighted by atomic mass is 10.7. The first-order valence-electron chi connectivity index (χ1n) is 1.74. The minimum atomic E-state index is -0.343. The molecule has 0 rings (SSSR count). The maximum atomic E-state index is 10.3. The highest BCUT2D eigenvalue weighted by molar-refractivity contribution is 9.07. The molecule has 0 aliphatic rings. The number of nitrogens with zero attached hydrogens (tertiary/aromatic N) is 1. The molecule has 5 heteroatoms. The summed E-state index contributed by atoms with van der Waals surface area (Å²) in [6, 6.07) is 0. The van der Waals surface area contributed by atoms with Crippen LogP contribution in [0.15, 0.2) is 0 Å². The summed E-state index contributed by atoms with van der Waals surface area (Å²) >= 11 is 2.98. The van der Waals surface area contributed by atoms with Gasteiger partial charge in [0.25, 0.3) is 5.91 Å². The van der Waals surface area contributed by atoms with Crippen molar-refractivity contribution >= 4 is 38.7 Å². The summed E-state index contributed by atoms with van der Waals surface area (Å²) < 4.78 is 10.8. The van der Waals surface area contributed by atoms with E-state index in [1.165, 1.54) is 7.05 Å². The molecule has 0 saturated heterocycles. The third-order valence-electron chi connectivity index (χ3n) is 0.453. The van der Waals surface area contributed by atoms with E-state index in [2.05, 4.69) is 16.1 Å². The van der Waals surface area contributed by atoms with Crippen LogP contribution in [-0.4, -0.2) is 26.5 Å². The van der Waals surface area contributed by atoms with Gasteiger partial charge in [-0.25, -0.2) is 4.21 Å². The number of hydrogen-bond acceptors (Lipinski definition) is 2. The Bertz CT molecular complexity index is 140. The number of carbonyl (C=O) groups excluding carboxylic acids is 1. The molecule has 0 saturated carbocycles. The molecule has 0 radical (unpaired) electrons. The fourth-order valence-electron chi connectivity index (χ4n) is 0.114. The van der Waals surface area contributed by atoms with E-state index in [1.54, 1.807) is 0 Å². The predicted octanol–water partition coefficient (Wildman–Crippen LogP) is -0.230. The summed E-state index contributed by atoms with van der Waals surface area (Å²) in [5, 5.41) is 0.967. The van der Waals surface area contributed by atoms with E-state index >= 15 is 0 Å². The molecule has 0 aliphatic carbocycles. The zero-order valence-corrected chi connectivity index (χ0v) is 6.53. The van der Waals surface area contributed by atoms with Crippen molar-refractivity contribution in [3.63, 3.8) is 0 Å². The molecular weight excluding hydrogens is 194 g/mol. The Balaban J connectivity index is 3.84. The van der Waals surface area contributed by atoms with Gasteiger partial charge in [0.2, 0.25) is 0 Å². The Labute approximate surface area is 59.1 Å².